The van der Waals surface area contributed by atoms with Crippen molar-refractivity contribution in [3.05, 3.63) is 36.5 Å². The molecule has 24 heavy (non-hydrogen) atoms. The molecule has 0 amide bonds. The van der Waals surface area contributed by atoms with Gasteiger partial charge in [-0.1, -0.05) is 19.7 Å². The van der Waals surface area contributed by atoms with E-state index in [4.69, 9.17) is 4.74 Å². The number of hydrogen-bond acceptors (Lipinski definition) is 7. The second kappa shape index (κ2) is 8.14. The van der Waals surface area contributed by atoms with E-state index in [1.54, 1.807) is 0 Å². The van der Waals surface area contributed by atoms with Gasteiger partial charge in [0.15, 0.2) is 0 Å². The van der Waals surface area contributed by atoms with Crippen molar-refractivity contribution < 1.29 is 34.4 Å². The fraction of sp³-hybridized carbons (Fsp3) is 0.471. The van der Waals surface area contributed by atoms with Crippen LogP contribution in [-0.2, 0) is 19.1 Å². The fourth-order valence-corrected chi connectivity index (χ4v) is 2.10. The van der Waals surface area contributed by atoms with E-state index in [0.29, 0.717) is 0 Å². The van der Waals surface area contributed by atoms with Crippen LogP contribution in [0.5, 0.6) is 0 Å². The predicted molar refractivity (Wildman–Crippen MR) is 87.0 cm³/mol. The van der Waals surface area contributed by atoms with E-state index in [-0.39, 0.29) is 16.7 Å². The predicted octanol–water partition coefficient (Wildman–Crippen LogP) is 0.0982. The minimum absolute atomic E-state index is 0.119. The molecule has 0 atom stereocenters. The van der Waals surface area contributed by atoms with Crippen molar-refractivity contribution in [2.75, 3.05) is 19.8 Å². The van der Waals surface area contributed by atoms with Crippen molar-refractivity contribution >= 4 is 17.5 Å². The highest BCUT2D eigenvalue weighted by molar-refractivity contribution is 6.23. The molecule has 0 spiro atoms. The van der Waals surface area contributed by atoms with Gasteiger partial charge in [-0.05, 0) is 31.9 Å². The number of hydrogen-bond donors (Lipinski definition) is 3. The summed E-state index contributed by atoms with van der Waals surface area (Å²) in [5.74, 6) is -3.21. The number of aliphatic hydroxyl groups is 3. The lowest BCUT2D eigenvalue weighted by Gasteiger charge is -2.44. The summed E-state index contributed by atoms with van der Waals surface area (Å²) in [4.78, 5) is 37.7. The summed E-state index contributed by atoms with van der Waals surface area (Å²) >= 11 is 0. The first-order chi connectivity index (χ1) is 11.0. The molecule has 7 nitrogen and oxygen atoms in total. The molecule has 0 radical (unpaired) electrons. The number of carbonyl (C=O) groups is 3. The highest BCUT2D eigenvalue weighted by Gasteiger charge is 2.64. The first-order valence-electron chi connectivity index (χ1n) is 7.09. The van der Waals surface area contributed by atoms with Crippen LogP contribution >= 0.6 is 0 Å². The average Bonchev–Trinajstić information content (AvgIpc) is 2.53. The molecule has 0 unspecified atom stereocenters. The van der Waals surface area contributed by atoms with Crippen molar-refractivity contribution in [1.29, 1.82) is 0 Å². The summed E-state index contributed by atoms with van der Waals surface area (Å²) in [5, 5.41) is 29.2. The molecule has 0 aromatic rings. The molecule has 0 saturated heterocycles. The maximum Gasteiger partial charge on any atom is 0.334 e. The van der Waals surface area contributed by atoms with Crippen molar-refractivity contribution in [3.63, 3.8) is 0 Å². The monoisotopic (exact) mass is 340 g/mol. The van der Waals surface area contributed by atoms with Gasteiger partial charge in [0.2, 0.25) is 17.2 Å². The molecule has 0 fully saturated rings. The molecule has 0 saturated carbocycles. The lowest BCUT2D eigenvalue weighted by atomic mass is 9.65. The van der Waals surface area contributed by atoms with E-state index in [2.05, 4.69) is 19.7 Å². The van der Waals surface area contributed by atoms with Gasteiger partial charge in [-0.15, -0.1) is 0 Å². The van der Waals surface area contributed by atoms with Crippen LogP contribution < -0.4 is 0 Å². The SMILES string of the molecule is C=C(C)C(=O)OC(C(=O)C(=C)C)(C(=O)C(=C)C)C(CO)(CO)CO. The Kier molecular flexibility index (Phi) is 7.43. The number of ketones is 2. The molecule has 0 aliphatic rings. The number of rotatable bonds is 10. The Hall–Kier alpha value is -2.09. The van der Waals surface area contributed by atoms with Gasteiger partial charge in [0.25, 0.3) is 0 Å². The normalized spacial score (nSPS) is 11.6. The van der Waals surface area contributed by atoms with Crippen molar-refractivity contribution in [3.8, 4) is 0 Å². The Bertz CT molecular complexity index is 547. The lowest BCUT2D eigenvalue weighted by Crippen LogP contribution is -2.67. The summed E-state index contributed by atoms with van der Waals surface area (Å²) in [6.07, 6.45) is 0. The number of esters is 1. The van der Waals surface area contributed by atoms with Gasteiger partial charge < -0.3 is 20.1 Å². The van der Waals surface area contributed by atoms with Crippen LogP contribution in [0.1, 0.15) is 20.8 Å². The Morgan fingerprint density at radius 2 is 1.12 bits per heavy atom. The third-order valence-electron chi connectivity index (χ3n) is 3.66. The fourth-order valence-electron chi connectivity index (χ4n) is 2.10. The van der Waals surface area contributed by atoms with E-state index in [1.165, 1.54) is 20.8 Å². The van der Waals surface area contributed by atoms with Crippen molar-refractivity contribution in [2.24, 2.45) is 5.41 Å². The van der Waals surface area contributed by atoms with E-state index >= 15 is 0 Å². The zero-order valence-corrected chi connectivity index (χ0v) is 14.2. The molecule has 3 N–H and O–H groups in total. The van der Waals surface area contributed by atoms with Gasteiger partial charge in [0, 0.05) is 5.57 Å². The third-order valence-corrected chi connectivity index (χ3v) is 3.66. The first-order valence-corrected chi connectivity index (χ1v) is 7.09. The number of aliphatic hydroxyl groups excluding tert-OH is 3. The van der Waals surface area contributed by atoms with E-state index < -0.39 is 48.4 Å². The molecule has 0 aromatic heterocycles. The van der Waals surface area contributed by atoms with Crippen LogP contribution in [0.15, 0.2) is 36.5 Å². The minimum atomic E-state index is -2.71. The summed E-state index contributed by atoms with van der Waals surface area (Å²) in [6, 6.07) is 0. The van der Waals surface area contributed by atoms with Crippen LogP contribution in [0.25, 0.3) is 0 Å². The zero-order chi connectivity index (χ0) is 19.3. The van der Waals surface area contributed by atoms with E-state index in [9.17, 15) is 29.7 Å². The molecule has 0 aliphatic carbocycles. The molecule has 0 aliphatic heterocycles. The Labute approximate surface area is 140 Å². The molecule has 0 bridgehead atoms. The second-order valence-electron chi connectivity index (χ2n) is 5.82. The summed E-state index contributed by atoms with van der Waals surface area (Å²) < 4.78 is 5.14. The highest BCUT2D eigenvalue weighted by atomic mass is 16.6. The minimum Gasteiger partial charge on any atom is -0.438 e. The first kappa shape index (κ1) is 21.9. The second-order valence-corrected chi connectivity index (χ2v) is 5.82. The van der Waals surface area contributed by atoms with Gasteiger partial charge in [0.05, 0.1) is 25.2 Å². The van der Waals surface area contributed by atoms with Crippen LogP contribution in [-0.4, -0.2) is 58.3 Å². The molecule has 7 heteroatoms. The maximum atomic E-state index is 12.8. The van der Waals surface area contributed by atoms with Crippen LogP contribution in [0.4, 0.5) is 0 Å². The van der Waals surface area contributed by atoms with Crippen molar-refractivity contribution in [1.82, 2.24) is 0 Å². The Morgan fingerprint density at radius 1 is 0.792 bits per heavy atom. The third kappa shape index (κ3) is 3.53. The van der Waals surface area contributed by atoms with E-state index in [1.807, 2.05) is 0 Å². The van der Waals surface area contributed by atoms with Gasteiger partial charge in [-0.3, -0.25) is 9.59 Å². The van der Waals surface area contributed by atoms with Gasteiger partial charge in [0.1, 0.15) is 0 Å². The number of Topliss-reactive ketones (excluding diaryl/α,β-unsaturated/α-hetero) is 2. The highest BCUT2D eigenvalue weighted by Crippen LogP contribution is 2.40. The standard InChI is InChI=1S/C17H24O7/c1-10(2)13(21)17(14(22)11(3)4,24-15(23)12(5)6)16(7-18,8-19)9-20/h18-20H,1,3,5,7-9H2,2,4,6H3. The molecule has 134 valence electrons. The number of carbonyl (C=O) groups excluding carboxylic acids is 3. The lowest BCUT2D eigenvalue weighted by molar-refractivity contribution is -0.196. The zero-order valence-electron chi connectivity index (χ0n) is 14.2. The molecule has 0 aromatic carbocycles. The topological polar surface area (TPSA) is 121 Å². The van der Waals surface area contributed by atoms with Crippen LogP contribution in [0.3, 0.4) is 0 Å². The van der Waals surface area contributed by atoms with Gasteiger partial charge in [-0.25, -0.2) is 4.79 Å². The quantitative estimate of drug-likeness (QED) is 0.293. The smallest absolute Gasteiger partial charge is 0.334 e. The van der Waals surface area contributed by atoms with Gasteiger partial charge in [-0.2, -0.15) is 0 Å². The number of ether oxygens (including phenoxy) is 1. The summed E-state index contributed by atoms with van der Waals surface area (Å²) in [5.41, 5.74) is -5.34. The molecule has 0 rings (SSSR count). The summed E-state index contributed by atoms with van der Waals surface area (Å²) in [6.45, 7) is 11.1. The average molecular weight is 340 g/mol. The summed E-state index contributed by atoms with van der Waals surface area (Å²) in [7, 11) is 0. The van der Waals surface area contributed by atoms with Crippen molar-refractivity contribution in [2.45, 2.75) is 26.4 Å². The largest absolute Gasteiger partial charge is 0.438 e. The Balaban J connectivity index is 6.88. The molecule has 0 heterocycles. The van der Waals surface area contributed by atoms with Gasteiger partial charge >= 0.3 is 5.97 Å². The van der Waals surface area contributed by atoms with Crippen LogP contribution in [0.2, 0.25) is 0 Å². The Morgan fingerprint density at radius 3 is 1.33 bits per heavy atom. The van der Waals surface area contributed by atoms with Crippen LogP contribution in [0, 0.1) is 5.41 Å². The molecular formula is C17H24O7. The maximum absolute atomic E-state index is 12.8. The molecular weight excluding hydrogens is 316 g/mol. The van der Waals surface area contributed by atoms with E-state index in [0.717, 1.165) is 0 Å².